The van der Waals surface area contributed by atoms with Gasteiger partial charge >= 0.3 is 6.03 Å². The van der Waals surface area contributed by atoms with Gasteiger partial charge in [-0.3, -0.25) is 0 Å². The van der Waals surface area contributed by atoms with E-state index in [1.54, 1.807) is 12.1 Å². The molecule has 0 aliphatic carbocycles. The molecule has 26 heavy (non-hydrogen) atoms. The first-order chi connectivity index (χ1) is 12.6. The van der Waals surface area contributed by atoms with Gasteiger partial charge in [0.15, 0.2) is 11.5 Å². The molecule has 0 radical (unpaired) electrons. The van der Waals surface area contributed by atoms with E-state index in [1.165, 1.54) is 26.2 Å². The van der Waals surface area contributed by atoms with Gasteiger partial charge < -0.3 is 29.5 Å². The number of rotatable bonds is 8. The summed E-state index contributed by atoms with van der Waals surface area (Å²) in [5.74, 6) is 1.34. The molecule has 7 heteroatoms. The van der Waals surface area contributed by atoms with Crippen molar-refractivity contribution in [2.24, 2.45) is 0 Å². The Hall–Kier alpha value is -2.93. The molecular weight excluding hydrogens is 336 g/mol. The van der Waals surface area contributed by atoms with E-state index in [0.29, 0.717) is 29.5 Å². The lowest BCUT2D eigenvalue weighted by molar-refractivity contribution is 0.185. The third-order valence-corrected chi connectivity index (χ3v) is 3.79. The van der Waals surface area contributed by atoms with Gasteiger partial charge in [0.25, 0.3) is 0 Å². The Morgan fingerprint density at radius 3 is 2.15 bits per heavy atom. The Morgan fingerprint density at radius 1 is 1.04 bits per heavy atom. The molecule has 2 N–H and O–H groups in total. The second kappa shape index (κ2) is 9.53. The third-order valence-electron chi connectivity index (χ3n) is 3.79. The highest BCUT2D eigenvalue weighted by atomic mass is 16.5. The number of amides is 2. The number of ether oxygens (including phenoxy) is 3. The summed E-state index contributed by atoms with van der Waals surface area (Å²) < 4.78 is 15.9. The maximum absolute atomic E-state index is 12.7. The van der Waals surface area contributed by atoms with E-state index in [9.17, 15) is 9.90 Å². The number of methoxy groups -OCH3 is 3. The SMILES string of the molecule is COc1cc(NC(=O)N(CCO)Cc2ccccc2)cc(OC)c1OC. The number of carbonyl (C=O) groups is 1. The quantitative estimate of drug-likeness (QED) is 0.757. The molecule has 2 rings (SSSR count). The maximum atomic E-state index is 12.7. The van der Waals surface area contributed by atoms with Crippen molar-refractivity contribution in [1.29, 1.82) is 0 Å². The van der Waals surface area contributed by atoms with Crippen molar-refractivity contribution in [2.45, 2.75) is 6.54 Å². The van der Waals surface area contributed by atoms with Crippen molar-refractivity contribution in [2.75, 3.05) is 39.8 Å². The molecule has 0 spiro atoms. The molecule has 140 valence electrons. The lowest BCUT2D eigenvalue weighted by Gasteiger charge is -2.23. The van der Waals surface area contributed by atoms with Crippen LogP contribution in [-0.2, 0) is 6.54 Å². The summed E-state index contributed by atoms with van der Waals surface area (Å²) in [6.07, 6.45) is 0. The van der Waals surface area contributed by atoms with Gasteiger partial charge in [-0.25, -0.2) is 4.79 Å². The monoisotopic (exact) mass is 360 g/mol. The normalized spacial score (nSPS) is 10.2. The van der Waals surface area contributed by atoms with Gasteiger partial charge in [0, 0.05) is 25.2 Å². The fourth-order valence-electron chi connectivity index (χ4n) is 2.53. The van der Waals surface area contributed by atoms with Crippen molar-refractivity contribution in [3.05, 3.63) is 48.0 Å². The summed E-state index contributed by atoms with van der Waals surface area (Å²) >= 11 is 0. The number of nitrogens with one attached hydrogen (secondary N) is 1. The lowest BCUT2D eigenvalue weighted by atomic mass is 10.2. The van der Waals surface area contributed by atoms with Crippen LogP contribution in [0, 0.1) is 0 Å². The van der Waals surface area contributed by atoms with Crippen molar-refractivity contribution < 1.29 is 24.1 Å². The standard InChI is InChI=1S/C19H24N2O5/c1-24-16-11-15(12-17(25-2)18(16)26-3)20-19(23)21(9-10-22)13-14-7-5-4-6-8-14/h4-8,11-12,22H,9-10,13H2,1-3H3,(H,20,23). The van der Waals surface area contributed by atoms with E-state index < -0.39 is 0 Å². The number of nitrogens with zero attached hydrogens (tertiary/aromatic N) is 1. The number of benzene rings is 2. The fraction of sp³-hybridized carbons (Fsp3) is 0.316. The number of anilines is 1. The molecule has 2 amide bonds. The van der Waals surface area contributed by atoms with Crippen LogP contribution in [0.4, 0.5) is 10.5 Å². The van der Waals surface area contributed by atoms with Crippen LogP contribution in [0.3, 0.4) is 0 Å². The van der Waals surface area contributed by atoms with Crippen LogP contribution in [0.5, 0.6) is 17.2 Å². The minimum Gasteiger partial charge on any atom is -0.493 e. The summed E-state index contributed by atoms with van der Waals surface area (Å²) in [5, 5.41) is 12.1. The van der Waals surface area contributed by atoms with Crippen molar-refractivity contribution in [3.8, 4) is 17.2 Å². The summed E-state index contributed by atoms with van der Waals surface area (Å²) in [6, 6.07) is 12.5. The van der Waals surface area contributed by atoms with Crippen molar-refractivity contribution >= 4 is 11.7 Å². The Morgan fingerprint density at radius 2 is 1.65 bits per heavy atom. The summed E-state index contributed by atoms with van der Waals surface area (Å²) in [5.41, 5.74) is 1.47. The van der Waals surface area contributed by atoms with E-state index in [-0.39, 0.29) is 19.2 Å². The molecule has 2 aromatic rings. The smallest absolute Gasteiger partial charge is 0.322 e. The predicted molar refractivity (Wildman–Crippen MR) is 99.1 cm³/mol. The number of carbonyl (C=O) groups excluding carboxylic acids is 1. The van der Waals surface area contributed by atoms with E-state index in [1.807, 2.05) is 30.3 Å². The summed E-state index contributed by atoms with van der Waals surface area (Å²) in [6.45, 7) is 0.471. The minimum atomic E-state index is -0.336. The topological polar surface area (TPSA) is 80.3 Å². The van der Waals surface area contributed by atoms with Crippen LogP contribution in [-0.4, -0.2) is 50.5 Å². The van der Waals surface area contributed by atoms with E-state index in [2.05, 4.69) is 5.32 Å². The number of aliphatic hydroxyl groups is 1. The van der Waals surface area contributed by atoms with Gasteiger partial charge in [-0.05, 0) is 5.56 Å². The zero-order valence-corrected chi connectivity index (χ0v) is 15.2. The first kappa shape index (κ1) is 19.4. The van der Waals surface area contributed by atoms with Crippen LogP contribution in [0.15, 0.2) is 42.5 Å². The Balaban J connectivity index is 2.20. The largest absolute Gasteiger partial charge is 0.493 e. The first-order valence-corrected chi connectivity index (χ1v) is 8.13. The van der Waals surface area contributed by atoms with Crippen molar-refractivity contribution in [1.82, 2.24) is 4.90 Å². The Labute approximate surface area is 153 Å². The number of aliphatic hydroxyl groups excluding tert-OH is 1. The summed E-state index contributed by atoms with van der Waals surface area (Å²) in [4.78, 5) is 14.2. The number of hydrogen-bond acceptors (Lipinski definition) is 5. The molecule has 0 unspecified atom stereocenters. The molecule has 0 heterocycles. The van der Waals surface area contributed by atoms with Gasteiger partial charge in [-0.15, -0.1) is 0 Å². The van der Waals surface area contributed by atoms with E-state index in [0.717, 1.165) is 5.56 Å². The Kier molecular flexibility index (Phi) is 7.11. The first-order valence-electron chi connectivity index (χ1n) is 8.13. The highest BCUT2D eigenvalue weighted by Gasteiger charge is 2.17. The zero-order valence-electron chi connectivity index (χ0n) is 15.2. The lowest BCUT2D eigenvalue weighted by Crippen LogP contribution is -2.36. The predicted octanol–water partition coefficient (Wildman–Crippen LogP) is 2.74. The molecule has 7 nitrogen and oxygen atoms in total. The molecule has 0 atom stereocenters. The highest BCUT2D eigenvalue weighted by Crippen LogP contribution is 2.39. The maximum Gasteiger partial charge on any atom is 0.322 e. The molecule has 0 aliphatic rings. The molecule has 0 saturated heterocycles. The molecular formula is C19H24N2O5. The zero-order chi connectivity index (χ0) is 18.9. The third kappa shape index (κ3) is 4.80. The average molecular weight is 360 g/mol. The second-order valence-electron chi connectivity index (χ2n) is 5.47. The fourth-order valence-corrected chi connectivity index (χ4v) is 2.53. The number of hydrogen-bond donors (Lipinski definition) is 2. The minimum absolute atomic E-state index is 0.129. The van der Waals surface area contributed by atoms with Gasteiger partial charge in [0.2, 0.25) is 5.75 Å². The average Bonchev–Trinajstić information content (AvgIpc) is 2.67. The van der Waals surface area contributed by atoms with Gasteiger partial charge in [-0.2, -0.15) is 0 Å². The van der Waals surface area contributed by atoms with E-state index in [4.69, 9.17) is 14.2 Å². The molecule has 0 aromatic heterocycles. The van der Waals surface area contributed by atoms with Crippen LogP contribution in [0.25, 0.3) is 0 Å². The van der Waals surface area contributed by atoms with Gasteiger partial charge in [-0.1, -0.05) is 30.3 Å². The Bertz CT molecular complexity index is 696. The van der Waals surface area contributed by atoms with Crippen molar-refractivity contribution in [3.63, 3.8) is 0 Å². The van der Waals surface area contributed by atoms with Crippen LogP contribution in [0.2, 0.25) is 0 Å². The van der Waals surface area contributed by atoms with Gasteiger partial charge in [0.05, 0.1) is 33.6 Å². The molecule has 0 fully saturated rings. The van der Waals surface area contributed by atoms with Crippen LogP contribution in [0.1, 0.15) is 5.56 Å². The molecule has 0 bridgehead atoms. The second-order valence-corrected chi connectivity index (χ2v) is 5.47. The van der Waals surface area contributed by atoms with Crippen LogP contribution < -0.4 is 19.5 Å². The summed E-state index contributed by atoms with van der Waals surface area (Å²) in [7, 11) is 4.54. The van der Waals surface area contributed by atoms with Crippen LogP contribution >= 0.6 is 0 Å². The van der Waals surface area contributed by atoms with E-state index >= 15 is 0 Å². The molecule has 0 saturated carbocycles. The van der Waals surface area contributed by atoms with Gasteiger partial charge in [0.1, 0.15) is 0 Å². The molecule has 2 aromatic carbocycles. The molecule has 0 aliphatic heterocycles. The highest BCUT2D eigenvalue weighted by molar-refractivity contribution is 5.90. The number of urea groups is 1.